The Balaban J connectivity index is 2.41. The lowest BCUT2D eigenvalue weighted by molar-refractivity contribution is -0.122. The Morgan fingerprint density at radius 3 is 2.53 bits per heavy atom. The lowest BCUT2D eigenvalue weighted by Crippen LogP contribution is -2.29. The van der Waals surface area contributed by atoms with Crippen molar-refractivity contribution in [2.75, 3.05) is 13.7 Å². The number of rotatable bonds is 5. The van der Waals surface area contributed by atoms with Gasteiger partial charge in [-0.2, -0.15) is 0 Å². The van der Waals surface area contributed by atoms with Crippen molar-refractivity contribution in [3.8, 4) is 5.75 Å². The van der Waals surface area contributed by atoms with Crippen molar-refractivity contribution in [2.24, 2.45) is 5.41 Å². The van der Waals surface area contributed by atoms with Gasteiger partial charge >= 0.3 is 0 Å². The van der Waals surface area contributed by atoms with Crippen molar-refractivity contribution >= 4 is 5.91 Å². The number of amides is 1. The number of carbonyl (C=O) groups is 1. The van der Waals surface area contributed by atoms with Crippen LogP contribution in [0.3, 0.4) is 0 Å². The van der Waals surface area contributed by atoms with Crippen LogP contribution in [0.5, 0.6) is 5.75 Å². The fourth-order valence-electron chi connectivity index (χ4n) is 1.99. The number of nitrogens with one attached hydrogen (secondary N) is 1. The van der Waals surface area contributed by atoms with E-state index in [-0.39, 0.29) is 11.3 Å². The first-order valence-electron chi connectivity index (χ1n) is 6.72. The van der Waals surface area contributed by atoms with Crippen molar-refractivity contribution in [3.05, 3.63) is 29.3 Å². The predicted molar refractivity (Wildman–Crippen MR) is 78.5 cm³/mol. The third-order valence-corrected chi connectivity index (χ3v) is 2.89. The van der Waals surface area contributed by atoms with Gasteiger partial charge in [0, 0.05) is 13.0 Å². The van der Waals surface area contributed by atoms with Crippen LogP contribution in [0.2, 0.25) is 0 Å². The second kappa shape index (κ2) is 6.60. The zero-order valence-corrected chi connectivity index (χ0v) is 12.7. The summed E-state index contributed by atoms with van der Waals surface area (Å²) in [5, 5.41) is 2.97. The third kappa shape index (κ3) is 5.77. The highest BCUT2D eigenvalue weighted by Gasteiger charge is 2.15. The molecule has 0 heterocycles. The van der Waals surface area contributed by atoms with Gasteiger partial charge in [-0.1, -0.05) is 32.9 Å². The van der Waals surface area contributed by atoms with E-state index in [1.165, 1.54) is 5.56 Å². The molecule has 0 saturated heterocycles. The van der Waals surface area contributed by atoms with E-state index in [1.54, 1.807) is 7.11 Å². The molecule has 0 spiro atoms. The van der Waals surface area contributed by atoms with Crippen LogP contribution < -0.4 is 10.1 Å². The second-order valence-electron chi connectivity index (χ2n) is 6.14. The quantitative estimate of drug-likeness (QED) is 0.886. The maximum Gasteiger partial charge on any atom is 0.220 e. The fraction of sp³-hybridized carbons (Fsp3) is 0.562. The molecule has 1 rings (SSSR count). The highest BCUT2D eigenvalue weighted by molar-refractivity contribution is 5.76. The number of methoxy groups -OCH3 is 1. The molecule has 106 valence electrons. The number of aryl methyl sites for hydroxylation is 1. The van der Waals surface area contributed by atoms with E-state index in [1.807, 2.05) is 19.1 Å². The molecule has 1 N–H and O–H groups in total. The first kappa shape index (κ1) is 15.5. The summed E-state index contributed by atoms with van der Waals surface area (Å²) >= 11 is 0. The first-order valence-corrected chi connectivity index (χ1v) is 6.72. The molecule has 1 aromatic carbocycles. The van der Waals surface area contributed by atoms with E-state index < -0.39 is 0 Å². The third-order valence-electron chi connectivity index (χ3n) is 2.89. The monoisotopic (exact) mass is 263 g/mol. The minimum absolute atomic E-state index is 0.0424. The first-order chi connectivity index (χ1) is 8.81. The van der Waals surface area contributed by atoms with Gasteiger partial charge in [-0.15, -0.1) is 0 Å². The summed E-state index contributed by atoms with van der Waals surface area (Å²) in [7, 11) is 1.68. The number of benzene rings is 1. The highest BCUT2D eigenvalue weighted by atomic mass is 16.5. The normalized spacial score (nSPS) is 11.2. The van der Waals surface area contributed by atoms with Crippen LogP contribution in [0.1, 0.15) is 38.3 Å². The number of hydrogen-bond donors (Lipinski definition) is 1. The molecule has 3 heteroatoms. The molecule has 1 aromatic rings. The minimum Gasteiger partial charge on any atom is -0.496 e. The van der Waals surface area contributed by atoms with Crippen LogP contribution in [0.15, 0.2) is 18.2 Å². The molecule has 0 aliphatic heterocycles. The SMILES string of the molecule is COc1ccc(CCNC(=O)CC(C)(C)C)cc1C. The van der Waals surface area contributed by atoms with Crippen LogP contribution >= 0.6 is 0 Å². The molecule has 0 unspecified atom stereocenters. The number of carbonyl (C=O) groups excluding carboxylic acids is 1. The lowest BCUT2D eigenvalue weighted by Gasteiger charge is -2.17. The van der Waals surface area contributed by atoms with Gasteiger partial charge < -0.3 is 10.1 Å². The van der Waals surface area contributed by atoms with Gasteiger partial charge in [0.25, 0.3) is 0 Å². The van der Waals surface area contributed by atoms with Crippen molar-refractivity contribution in [2.45, 2.75) is 40.5 Å². The Morgan fingerprint density at radius 2 is 2.00 bits per heavy atom. The smallest absolute Gasteiger partial charge is 0.220 e. The van der Waals surface area contributed by atoms with E-state index in [0.29, 0.717) is 13.0 Å². The molecule has 0 bridgehead atoms. The molecule has 0 atom stereocenters. The van der Waals surface area contributed by atoms with Gasteiger partial charge in [-0.25, -0.2) is 0 Å². The molecule has 1 amide bonds. The zero-order chi connectivity index (χ0) is 14.5. The molecule has 3 nitrogen and oxygen atoms in total. The molecule has 0 saturated carbocycles. The van der Waals surface area contributed by atoms with Crippen molar-refractivity contribution < 1.29 is 9.53 Å². The second-order valence-corrected chi connectivity index (χ2v) is 6.14. The van der Waals surface area contributed by atoms with Gasteiger partial charge in [0.05, 0.1) is 7.11 Å². The van der Waals surface area contributed by atoms with Gasteiger partial charge in [0.2, 0.25) is 5.91 Å². The Labute approximate surface area is 116 Å². The van der Waals surface area contributed by atoms with Gasteiger partial charge in [0.15, 0.2) is 0 Å². The number of ether oxygens (including phenoxy) is 1. The van der Waals surface area contributed by atoms with Crippen LogP contribution in [-0.4, -0.2) is 19.6 Å². The topological polar surface area (TPSA) is 38.3 Å². The van der Waals surface area contributed by atoms with Gasteiger partial charge in [-0.05, 0) is 36.0 Å². The largest absolute Gasteiger partial charge is 0.496 e. The molecule has 0 fully saturated rings. The lowest BCUT2D eigenvalue weighted by atomic mass is 9.92. The van der Waals surface area contributed by atoms with Gasteiger partial charge in [-0.3, -0.25) is 4.79 Å². The summed E-state index contributed by atoms with van der Waals surface area (Å²) in [6.45, 7) is 8.92. The molecule has 0 aromatic heterocycles. The maximum atomic E-state index is 11.7. The Kier molecular flexibility index (Phi) is 5.40. The summed E-state index contributed by atoms with van der Waals surface area (Å²) in [5.41, 5.74) is 2.39. The summed E-state index contributed by atoms with van der Waals surface area (Å²) in [6, 6.07) is 6.12. The van der Waals surface area contributed by atoms with E-state index in [9.17, 15) is 4.79 Å². The predicted octanol–water partition coefficient (Wildman–Crippen LogP) is 3.10. The van der Waals surface area contributed by atoms with Crippen LogP contribution in [0.4, 0.5) is 0 Å². The van der Waals surface area contributed by atoms with E-state index in [2.05, 4.69) is 32.2 Å². The van der Waals surface area contributed by atoms with E-state index in [4.69, 9.17) is 4.74 Å². The molecule has 0 aliphatic rings. The van der Waals surface area contributed by atoms with Crippen molar-refractivity contribution in [1.29, 1.82) is 0 Å². The summed E-state index contributed by atoms with van der Waals surface area (Å²) in [4.78, 5) is 11.7. The summed E-state index contributed by atoms with van der Waals surface area (Å²) in [5.74, 6) is 1.03. The molecule has 0 aliphatic carbocycles. The van der Waals surface area contributed by atoms with Crippen LogP contribution in [0, 0.1) is 12.3 Å². The molecular weight excluding hydrogens is 238 g/mol. The van der Waals surface area contributed by atoms with Crippen molar-refractivity contribution in [3.63, 3.8) is 0 Å². The minimum atomic E-state index is 0.0424. The molecule has 19 heavy (non-hydrogen) atoms. The summed E-state index contributed by atoms with van der Waals surface area (Å²) < 4.78 is 5.23. The average Bonchev–Trinajstić information content (AvgIpc) is 2.26. The van der Waals surface area contributed by atoms with Gasteiger partial charge in [0.1, 0.15) is 5.75 Å². The van der Waals surface area contributed by atoms with Crippen LogP contribution in [0.25, 0.3) is 0 Å². The average molecular weight is 263 g/mol. The standard InChI is InChI=1S/C16H25NO2/c1-12-10-13(6-7-14(12)19-5)8-9-17-15(18)11-16(2,3)4/h6-7,10H,8-9,11H2,1-5H3,(H,17,18). The molecular formula is C16H25NO2. The Hall–Kier alpha value is -1.51. The Morgan fingerprint density at radius 1 is 1.32 bits per heavy atom. The zero-order valence-electron chi connectivity index (χ0n) is 12.7. The van der Waals surface area contributed by atoms with Crippen LogP contribution in [-0.2, 0) is 11.2 Å². The Bertz CT molecular complexity index is 433. The van der Waals surface area contributed by atoms with Crippen molar-refractivity contribution in [1.82, 2.24) is 5.32 Å². The van der Waals surface area contributed by atoms with E-state index >= 15 is 0 Å². The molecule has 0 radical (unpaired) electrons. The van der Waals surface area contributed by atoms with E-state index in [0.717, 1.165) is 17.7 Å². The summed E-state index contributed by atoms with van der Waals surface area (Å²) in [6.07, 6.45) is 1.41. The highest BCUT2D eigenvalue weighted by Crippen LogP contribution is 2.19. The fourth-order valence-corrected chi connectivity index (χ4v) is 1.99. The number of hydrogen-bond acceptors (Lipinski definition) is 2. The maximum absolute atomic E-state index is 11.7.